The van der Waals surface area contributed by atoms with Crippen LogP contribution >= 0.6 is 0 Å². The molecule has 0 radical (unpaired) electrons. The minimum atomic E-state index is -0.892. The van der Waals surface area contributed by atoms with Crippen molar-refractivity contribution in [1.29, 1.82) is 0 Å². The number of carbonyl (C=O) groups is 2. The van der Waals surface area contributed by atoms with Gasteiger partial charge < -0.3 is 19.7 Å². The zero-order valence-corrected chi connectivity index (χ0v) is 16.2. The summed E-state index contributed by atoms with van der Waals surface area (Å²) < 4.78 is 5.69. The van der Waals surface area contributed by atoms with Crippen LogP contribution in [0.2, 0.25) is 0 Å². The van der Waals surface area contributed by atoms with E-state index in [1.165, 1.54) is 0 Å². The van der Waals surface area contributed by atoms with Crippen molar-refractivity contribution in [2.75, 3.05) is 19.7 Å². The molecule has 1 saturated heterocycles. The number of aromatic amines is 2. The lowest BCUT2D eigenvalue weighted by Gasteiger charge is -2.30. The van der Waals surface area contributed by atoms with Gasteiger partial charge in [0, 0.05) is 18.7 Å². The maximum Gasteiger partial charge on any atom is 0.308 e. The Hall–Kier alpha value is -3.76. The van der Waals surface area contributed by atoms with Crippen molar-refractivity contribution >= 4 is 23.0 Å². The molecule has 3 aromatic rings. The number of aliphatic carboxylic acids is 1. The quantitative estimate of drug-likeness (QED) is 0.562. The number of carboxylic acid groups (broad SMARTS) is 1. The first-order chi connectivity index (χ1) is 14.5. The molecule has 11 nitrogen and oxygen atoms in total. The number of hydrogen-bond acceptors (Lipinski definition) is 7. The monoisotopic (exact) mass is 412 g/mol. The van der Waals surface area contributed by atoms with Crippen LogP contribution in [-0.2, 0) is 4.79 Å². The number of H-pyrrole nitrogens is 2. The number of carboxylic acids is 1. The van der Waals surface area contributed by atoms with Crippen LogP contribution in [0.4, 0.5) is 0 Å². The van der Waals surface area contributed by atoms with Gasteiger partial charge in [-0.15, -0.1) is 5.10 Å². The van der Waals surface area contributed by atoms with E-state index < -0.39 is 17.4 Å². The molecule has 0 aliphatic carbocycles. The van der Waals surface area contributed by atoms with Crippen molar-refractivity contribution in [3.8, 4) is 17.1 Å². The van der Waals surface area contributed by atoms with Crippen LogP contribution in [0, 0.1) is 5.92 Å². The van der Waals surface area contributed by atoms with Gasteiger partial charge in [-0.05, 0) is 38.0 Å². The summed E-state index contributed by atoms with van der Waals surface area (Å²) in [5.74, 6) is -1.08. The van der Waals surface area contributed by atoms with Crippen LogP contribution in [-0.4, -0.2) is 67.0 Å². The van der Waals surface area contributed by atoms with Gasteiger partial charge >= 0.3 is 5.97 Å². The number of ether oxygens (including phenoxy) is 1. The van der Waals surface area contributed by atoms with Crippen molar-refractivity contribution < 1.29 is 19.4 Å². The summed E-state index contributed by atoms with van der Waals surface area (Å²) in [4.78, 5) is 45.0. The summed E-state index contributed by atoms with van der Waals surface area (Å²) in [5.41, 5.74) is 0.772. The second-order valence-corrected chi connectivity index (χ2v) is 7.00. The van der Waals surface area contributed by atoms with Crippen molar-refractivity contribution in [2.45, 2.75) is 19.8 Å². The highest BCUT2D eigenvalue weighted by molar-refractivity contribution is 5.96. The van der Waals surface area contributed by atoms with Gasteiger partial charge in [-0.2, -0.15) is 0 Å². The van der Waals surface area contributed by atoms with Gasteiger partial charge in [-0.3, -0.25) is 14.4 Å². The minimum absolute atomic E-state index is 0.0987. The first-order valence-electron chi connectivity index (χ1n) is 9.58. The van der Waals surface area contributed by atoms with Gasteiger partial charge in [0.15, 0.2) is 11.2 Å². The number of carbonyl (C=O) groups excluding carboxylic acids is 1. The highest BCUT2D eigenvalue weighted by Gasteiger charge is 2.29. The molecular weight excluding hydrogens is 392 g/mol. The molecular formula is C19H20N6O5. The maximum absolute atomic E-state index is 12.9. The van der Waals surface area contributed by atoms with Crippen LogP contribution in [0.1, 0.15) is 30.1 Å². The second kappa shape index (κ2) is 7.93. The Kier molecular flexibility index (Phi) is 5.17. The number of amides is 1. The lowest BCUT2D eigenvalue weighted by molar-refractivity contribution is -0.143. The lowest BCUT2D eigenvalue weighted by atomic mass is 9.97. The van der Waals surface area contributed by atoms with E-state index in [0.29, 0.717) is 42.9 Å². The Labute approximate surface area is 170 Å². The van der Waals surface area contributed by atoms with Gasteiger partial charge in [0.1, 0.15) is 11.6 Å². The summed E-state index contributed by atoms with van der Waals surface area (Å²) in [6.45, 7) is 2.83. The van der Waals surface area contributed by atoms with Crippen LogP contribution in [0.15, 0.2) is 23.0 Å². The molecule has 3 heterocycles. The highest BCUT2D eigenvalue weighted by atomic mass is 16.5. The fourth-order valence-electron chi connectivity index (χ4n) is 3.56. The topological polar surface area (TPSA) is 154 Å². The van der Waals surface area contributed by atoms with E-state index >= 15 is 0 Å². The number of fused-ring (bicyclic) bond motifs is 1. The maximum atomic E-state index is 12.9. The third-order valence-electron chi connectivity index (χ3n) is 5.04. The first-order valence-corrected chi connectivity index (χ1v) is 9.58. The molecule has 11 heteroatoms. The number of likely N-dealkylation sites (tertiary alicyclic amines) is 1. The number of hydrogen-bond donors (Lipinski definition) is 3. The lowest BCUT2D eigenvalue weighted by Crippen LogP contribution is -2.42. The van der Waals surface area contributed by atoms with Gasteiger partial charge in [-0.25, -0.2) is 10.1 Å². The fraction of sp³-hybridized carbons (Fsp3) is 0.368. The SMILES string of the molecule is CCOc1cc(C(=O)N2CCCC(C(=O)O)C2)ccc1-c1nc2[nH]nnc2c(=O)[nH]1. The van der Waals surface area contributed by atoms with E-state index in [1.807, 2.05) is 0 Å². The first kappa shape index (κ1) is 19.6. The molecule has 1 fully saturated rings. The third-order valence-corrected chi connectivity index (χ3v) is 5.04. The fourth-order valence-corrected chi connectivity index (χ4v) is 3.56. The normalized spacial score (nSPS) is 16.6. The average Bonchev–Trinajstić information content (AvgIpc) is 3.23. The largest absolute Gasteiger partial charge is 0.493 e. The van der Waals surface area contributed by atoms with Crippen LogP contribution in [0.5, 0.6) is 5.75 Å². The molecule has 1 aliphatic rings. The second-order valence-electron chi connectivity index (χ2n) is 7.00. The Bertz CT molecular complexity index is 1170. The average molecular weight is 412 g/mol. The summed E-state index contributed by atoms with van der Waals surface area (Å²) in [5, 5.41) is 19.1. The van der Waals surface area contributed by atoms with Crippen LogP contribution in [0.25, 0.3) is 22.6 Å². The standard InChI is InChI=1S/C19H20N6O5/c1-2-30-13-8-10(18(27)25-7-3-4-11(9-25)19(28)29)5-6-12(13)15-20-16-14(17(26)21-15)22-24-23-16/h5-6,8,11H,2-4,7,9H2,1H3,(H,28,29)(H2,20,21,22,23,24,26). The summed E-state index contributed by atoms with van der Waals surface area (Å²) in [6, 6.07) is 4.84. The number of benzene rings is 1. The Morgan fingerprint density at radius 3 is 2.97 bits per heavy atom. The molecule has 30 heavy (non-hydrogen) atoms. The predicted octanol–water partition coefficient (Wildman–Crippen LogP) is 1.04. The van der Waals surface area contributed by atoms with E-state index in [1.54, 1.807) is 30.0 Å². The van der Waals surface area contributed by atoms with Crippen molar-refractivity contribution in [3.05, 3.63) is 34.1 Å². The number of nitrogens with zero attached hydrogens (tertiary/aromatic N) is 4. The number of piperidine rings is 1. The molecule has 1 unspecified atom stereocenters. The zero-order valence-electron chi connectivity index (χ0n) is 16.2. The van der Waals surface area contributed by atoms with Gasteiger partial charge in [-0.1, -0.05) is 5.21 Å². The highest BCUT2D eigenvalue weighted by Crippen LogP contribution is 2.30. The van der Waals surface area contributed by atoms with Crippen LogP contribution < -0.4 is 10.3 Å². The van der Waals surface area contributed by atoms with E-state index in [-0.39, 0.29) is 29.4 Å². The van der Waals surface area contributed by atoms with Crippen LogP contribution in [0.3, 0.4) is 0 Å². The van der Waals surface area contributed by atoms with Gasteiger partial charge in [0.05, 0.1) is 18.1 Å². The molecule has 0 bridgehead atoms. The molecule has 1 atom stereocenters. The minimum Gasteiger partial charge on any atom is -0.493 e. The summed E-state index contributed by atoms with van der Waals surface area (Å²) in [6.07, 6.45) is 1.20. The van der Waals surface area contributed by atoms with Crippen molar-refractivity contribution in [3.63, 3.8) is 0 Å². The predicted molar refractivity (Wildman–Crippen MR) is 105 cm³/mol. The molecule has 1 aliphatic heterocycles. The van der Waals surface area contributed by atoms with E-state index in [2.05, 4.69) is 25.4 Å². The van der Waals surface area contributed by atoms with E-state index in [4.69, 9.17) is 4.74 Å². The molecule has 1 aromatic carbocycles. The number of rotatable bonds is 5. The Balaban J connectivity index is 1.68. The summed E-state index contributed by atoms with van der Waals surface area (Å²) >= 11 is 0. The molecule has 2 aromatic heterocycles. The Morgan fingerprint density at radius 1 is 1.37 bits per heavy atom. The molecule has 3 N–H and O–H groups in total. The molecule has 0 spiro atoms. The van der Waals surface area contributed by atoms with E-state index in [0.717, 1.165) is 0 Å². The molecule has 156 valence electrons. The molecule has 1 amide bonds. The smallest absolute Gasteiger partial charge is 0.308 e. The Morgan fingerprint density at radius 2 is 2.20 bits per heavy atom. The van der Waals surface area contributed by atoms with Crippen molar-refractivity contribution in [1.82, 2.24) is 30.3 Å². The third kappa shape index (κ3) is 3.61. The zero-order chi connectivity index (χ0) is 21.3. The van der Waals surface area contributed by atoms with E-state index in [9.17, 15) is 19.5 Å². The number of nitrogens with one attached hydrogen (secondary N) is 2. The summed E-state index contributed by atoms with van der Waals surface area (Å²) in [7, 11) is 0. The molecule has 4 rings (SSSR count). The van der Waals surface area contributed by atoms with Crippen molar-refractivity contribution in [2.24, 2.45) is 5.92 Å². The molecule has 0 saturated carbocycles. The van der Waals surface area contributed by atoms with Gasteiger partial charge in [0.2, 0.25) is 0 Å². The number of aromatic nitrogens is 5. The van der Waals surface area contributed by atoms with Gasteiger partial charge in [0.25, 0.3) is 11.5 Å².